The zero-order valence-electron chi connectivity index (χ0n) is 12.9. The van der Waals surface area contributed by atoms with Gasteiger partial charge < -0.3 is 4.74 Å². The average Bonchev–Trinajstić information content (AvgIpc) is 3.34. The number of ether oxygens (including phenoxy) is 1. The molecule has 4 nitrogen and oxygen atoms in total. The molecule has 3 aliphatic rings. The molecule has 1 N–H and O–H groups in total. The molecule has 20 heavy (non-hydrogen) atoms. The second-order valence-electron chi connectivity index (χ2n) is 6.80. The van der Waals surface area contributed by atoms with Crippen LogP contribution in [0, 0.1) is 0 Å². The summed E-state index contributed by atoms with van der Waals surface area (Å²) in [5.41, 5.74) is -0.416. The van der Waals surface area contributed by atoms with E-state index >= 15 is 0 Å². The molecule has 0 bridgehead atoms. The lowest BCUT2D eigenvalue weighted by atomic mass is 9.78. The van der Waals surface area contributed by atoms with Gasteiger partial charge in [-0.1, -0.05) is 6.92 Å². The van der Waals surface area contributed by atoms with Crippen molar-refractivity contribution in [3.63, 3.8) is 0 Å². The zero-order chi connectivity index (χ0) is 14.2. The van der Waals surface area contributed by atoms with Crippen molar-refractivity contribution in [3.8, 4) is 0 Å². The van der Waals surface area contributed by atoms with Crippen molar-refractivity contribution in [2.75, 3.05) is 13.7 Å². The van der Waals surface area contributed by atoms with Crippen LogP contribution in [0.4, 0.5) is 0 Å². The fourth-order valence-electron chi connectivity index (χ4n) is 3.94. The Kier molecular flexibility index (Phi) is 4.04. The average molecular weight is 280 g/mol. The second kappa shape index (κ2) is 5.64. The Morgan fingerprint density at radius 2 is 2.00 bits per heavy atom. The summed E-state index contributed by atoms with van der Waals surface area (Å²) >= 11 is 0. The summed E-state index contributed by atoms with van der Waals surface area (Å²) in [5, 5.41) is 3.62. The number of nitrogens with one attached hydrogen (secondary N) is 1. The number of carbonyl (C=O) groups is 1. The monoisotopic (exact) mass is 280 g/mol. The van der Waals surface area contributed by atoms with Crippen LogP contribution in [-0.4, -0.2) is 48.2 Å². The van der Waals surface area contributed by atoms with Crippen LogP contribution in [0.25, 0.3) is 0 Å². The second-order valence-corrected chi connectivity index (χ2v) is 6.80. The number of hydrogen-bond acceptors (Lipinski definition) is 4. The van der Waals surface area contributed by atoms with Gasteiger partial charge in [-0.25, -0.2) is 0 Å². The predicted octanol–water partition coefficient (Wildman–Crippen LogP) is 2.08. The summed E-state index contributed by atoms with van der Waals surface area (Å²) < 4.78 is 5.14. The van der Waals surface area contributed by atoms with Gasteiger partial charge >= 0.3 is 5.97 Å². The van der Waals surface area contributed by atoms with E-state index in [0.29, 0.717) is 12.1 Å². The molecule has 0 aromatic carbocycles. The Morgan fingerprint density at radius 1 is 1.25 bits per heavy atom. The van der Waals surface area contributed by atoms with Crippen molar-refractivity contribution in [1.29, 1.82) is 0 Å². The molecule has 0 saturated heterocycles. The molecule has 0 aromatic rings. The van der Waals surface area contributed by atoms with Crippen LogP contribution in [-0.2, 0) is 9.53 Å². The normalized spacial score (nSPS) is 34.2. The SMILES string of the molecule is CCN(C1CC1)C1CCCC(NC2CC2)(C(=O)OC)C1. The van der Waals surface area contributed by atoms with Crippen molar-refractivity contribution in [1.82, 2.24) is 10.2 Å². The molecule has 0 amide bonds. The highest BCUT2D eigenvalue weighted by molar-refractivity contribution is 5.81. The van der Waals surface area contributed by atoms with Gasteiger partial charge in [-0.15, -0.1) is 0 Å². The van der Waals surface area contributed by atoms with E-state index in [9.17, 15) is 4.79 Å². The largest absolute Gasteiger partial charge is 0.468 e. The van der Waals surface area contributed by atoms with Gasteiger partial charge in [0.15, 0.2) is 0 Å². The maximum atomic E-state index is 12.4. The minimum atomic E-state index is -0.416. The molecule has 0 aromatic heterocycles. The number of hydrogen-bond donors (Lipinski definition) is 1. The highest BCUT2D eigenvalue weighted by Crippen LogP contribution is 2.39. The van der Waals surface area contributed by atoms with Gasteiger partial charge in [0.2, 0.25) is 0 Å². The molecule has 0 heterocycles. The summed E-state index contributed by atoms with van der Waals surface area (Å²) in [6, 6.07) is 1.87. The van der Waals surface area contributed by atoms with Crippen LogP contribution in [0.3, 0.4) is 0 Å². The van der Waals surface area contributed by atoms with Gasteiger partial charge in [-0.05, 0) is 57.9 Å². The number of esters is 1. The third kappa shape index (κ3) is 2.86. The van der Waals surface area contributed by atoms with E-state index in [1.54, 1.807) is 0 Å². The molecule has 3 saturated carbocycles. The van der Waals surface area contributed by atoms with Gasteiger partial charge in [-0.3, -0.25) is 15.0 Å². The van der Waals surface area contributed by atoms with Gasteiger partial charge in [0, 0.05) is 18.1 Å². The van der Waals surface area contributed by atoms with E-state index < -0.39 is 5.54 Å². The number of nitrogens with zero attached hydrogens (tertiary/aromatic N) is 1. The highest BCUT2D eigenvalue weighted by atomic mass is 16.5. The lowest BCUT2D eigenvalue weighted by Crippen LogP contribution is -2.59. The Hall–Kier alpha value is -0.610. The van der Waals surface area contributed by atoms with Crippen LogP contribution >= 0.6 is 0 Å². The number of methoxy groups -OCH3 is 1. The molecule has 0 spiro atoms. The van der Waals surface area contributed by atoms with E-state index in [-0.39, 0.29) is 5.97 Å². The Labute approximate surface area is 122 Å². The van der Waals surface area contributed by atoms with E-state index in [4.69, 9.17) is 4.74 Å². The Morgan fingerprint density at radius 3 is 2.55 bits per heavy atom. The molecule has 114 valence electrons. The Balaban J connectivity index is 1.73. The molecule has 2 atom stereocenters. The maximum absolute atomic E-state index is 12.4. The minimum Gasteiger partial charge on any atom is -0.468 e. The third-order valence-electron chi connectivity index (χ3n) is 5.21. The molecule has 4 heteroatoms. The standard InChI is InChI=1S/C16H28N2O2/c1-3-18(13-8-9-13)14-5-4-10-16(11-14,15(19)20-2)17-12-6-7-12/h12-14,17H,3-11H2,1-2H3. The summed E-state index contributed by atoms with van der Waals surface area (Å²) in [4.78, 5) is 15.0. The lowest BCUT2D eigenvalue weighted by molar-refractivity contribution is -0.151. The van der Waals surface area contributed by atoms with Gasteiger partial charge in [0.25, 0.3) is 0 Å². The molecule has 2 unspecified atom stereocenters. The lowest BCUT2D eigenvalue weighted by Gasteiger charge is -2.43. The first-order chi connectivity index (χ1) is 9.68. The molecule has 0 radical (unpaired) electrons. The van der Waals surface area contributed by atoms with Crippen molar-refractivity contribution in [3.05, 3.63) is 0 Å². The molecular weight excluding hydrogens is 252 g/mol. The zero-order valence-corrected chi connectivity index (χ0v) is 12.9. The number of carbonyl (C=O) groups excluding carboxylic acids is 1. The maximum Gasteiger partial charge on any atom is 0.326 e. The first-order valence-electron chi connectivity index (χ1n) is 8.30. The molecule has 0 aliphatic heterocycles. The summed E-state index contributed by atoms with van der Waals surface area (Å²) in [6.45, 7) is 3.36. The van der Waals surface area contributed by atoms with Crippen LogP contribution in [0.2, 0.25) is 0 Å². The van der Waals surface area contributed by atoms with Crippen LogP contribution < -0.4 is 5.32 Å². The summed E-state index contributed by atoms with van der Waals surface area (Å²) in [6.07, 6.45) is 9.33. The van der Waals surface area contributed by atoms with Crippen molar-refractivity contribution < 1.29 is 9.53 Å². The Bertz CT molecular complexity index is 365. The van der Waals surface area contributed by atoms with Crippen molar-refractivity contribution in [2.24, 2.45) is 0 Å². The number of rotatable bonds is 6. The molecule has 3 aliphatic carbocycles. The van der Waals surface area contributed by atoms with Gasteiger partial charge in [0.05, 0.1) is 7.11 Å². The van der Waals surface area contributed by atoms with E-state index in [0.717, 1.165) is 31.8 Å². The third-order valence-corrected chi connectivity index (χ3v) is 5.21. The smallest absolute Gasteiger partial charge is 0.326 e. The van der Waals surface area contributed by atoms with Gasteiger partial charge in [-0.2, -0.15) is 0 Å². The molecule has 3 rings (SSSR count). The van der Waals surface area contributed by atoms with E-state index in [1.165, 1.54) is 39.2 Å². The van der Waals surface area contributed by atoms with Crippen molar-refractivity contribution in [2.45, 2.75) is 82.0 Å². The molecular formula is C16H28N2O2. The molecule has 3 fully saturated rings. The quantitative estimate of drug-likeness (QED) is 0.756. The van der Waals surface area contributed by atoms with Gasteiger partial charge in [0.1, 0.15) is 5.54 Å². The highest BCUT2D eigenvalue weighted by Gasteiger charge is 2.48. The van der Waals surface area contributed by atoms with E-state index in [1.807, 2.05) is 0 Å². The van der Waals surface area contributed by atoms with Crippen molar-refractivity contribution >= 4 is 5.97 Å². The van der Waals surface area contributed by atoms with Crippen LogP contribution in [0.1, 0.15) is 58.3 Å². The topological polar surface area (TPSA) is 41.6 Å². The summed E-state index contributed by atoms with van der Waals surface area (Å²) in [7, 11) is 1.53. The van der Waals surface area contributed by atoms with Crippen LogP contribution in [0.15, 0.2) is 0 Å². The fourth-order valence-corrected chi connectivity index (χ4v) is 3.94. The van der Waals surface area contributed by atoms with E-state index in [2.05, 4.69) is 17.1 Å². The van der Waals surface area contributed by atoms with Crippen LogP contribution in [0.5, 0.6) is 0 Å². The minimum absolute atomic E-state index is 0.0408. The fraction of sp³-hybridized carbons (Fsp3) is 0.938. The predicted molar refractivity (Wildman–Crippen MR) is 78.6 cm³/mol. The first-order valence-corrected chi connectivity index (χ1v) is 8.30. The summed E-state index contributed by atoms with van der Waals surface area (Å²) in [5.74, 6) is -0.0408. The first kappa shape index (κ1) is 14.3.